The summed E-state index contributed by atoms with van der Waals surface area (Å²) in [5.41, 5.74) is 6.72. The molecule has 0 atom stereocenters. The van der Waals surface area contributed by atoms with E-state index in [9.17, 15) is 4.79 Å². The largest absolute Gasteiger partial charge is 0.477 e. The van der Waals surface area contributed by atoms with Crippen molar-refractivity contribution in [3.63, 3.8) is 0 Å². The molecule has 2 aromatic rings. The van der Waals surface area contributed by atoms with Gasteiger partial charge in [-0.15, -0.1) is 11.8 Å². The summed E-state index contributed by atoms with van der Waals surface area (Å²) in [6.45, 7) is 0.340. The van der Waals surface area contributed by atoms with Crippen LogP contribution in [0.25, 0.3) is 0 Å². The van der Waals surface area contributed by atoms with Gasteiger partial charge in [0.15, 0.2) is 0 Å². The molecule has 0 amide bonds. The lowest BCUT2D eigenvalue weighted by Crippen LogP contribution is -2.08. The second-order valence-corrected chi connectivity index (χ2v) is 5.03. The molecule has 1 heterocycles. The van der Waals surface area contributed by atoms with E-state index in [0.717, 1.165) is 5.56 Å². The monoisotopic (exact) mass is 297 g/mol. The topological polar surface area (TPSA) is 81.1 Å². The normalized spacial score (nSPS) is 10.6. The van der Waals surface area contributed by atoms with Gasteiger partial charge in [0.1, 0.15) is 16.4 Å². The molecular weight excluding hydrogens is 286 g/mol. The van der Waals surface area contributed by atoms with Crippen LogP contribution in [0.5, 0.6) is 0 Å². The molecule has 0 fully saturated rings. The quantitative estimate of drug-likeness (QED) is 0.848. The highest BCUT2D eigenvalue weighted by Gasteiger charge is 2.21. The fourth-order valence-corrected chi connectivity index (χ4v) is 2.48. The van der Waals surface area contributed by atoms with Gasteiger partial charge in [0.2, 0.25) is 0 Å². The molecule has 0 radical (unpaired) electrons. The molecule has 0 spiro atoms. The number of hydrogen-bond donors (Lipinski definition) is 2. The molecule has 0 aliphatic rings. The van der Waals surface area contributed by atoms with Gasteiger partial charge in [-0.25, -0.2) is 9.48 Å². The number of anilines is 1. The van der Waals surface area contributed by atoms with E-state index in [4.69, 9.17) is 22.4 Å². The van der Waals surface area contributed by atoms with Crippen LogP contribution in [-0.4, -0.2) is 27.1 Å². The minimum absolute atomic E-state index is 0.0413. The van der Waals surface area contributed by atoms with E-state index in [2.05, 4.69) is 5.10 Å². The number of nitrogens with two attached hydrogens (primary N) is 1. The SMILES string of the molecule is CSc1nn(Cc2ccccc2Cl)c(N)c1C(=O)O. The average Bonchev–Trinajstić information content (AvgIpc) is 2.69. The van der Waals surface area contributed by atoms with E-state index in [1.807, 2.05) is 18.2 Å². The van der Waals surface area contributed by atoms with Gasteiger partial charge in [-0.1, -0.05) is 29.8 Å². The molecular formula is C12H12ClN3O2S. The fourth-order valence-electron chi connectivity index (χ4n) is 1.70. The minimum Gasteiger partial charge on any atom is -0.477 e. The summed E-state index contributed by atoms with van der Waals surface area (Å²) in [6, 6.07) is 7.30. The molecule has 2 rings (SSSR count). The number of carboxylic acids is 1. The van der Waals surface area contributed by atoms with E-state index in [0.29, 0.717) is 16.6 Å². The number of rotatable bonds is 4. The number of aromatic nitrogens is 2. The Labute approximate surface area is 119 Å². The highest BCUT2D eigenvalue weighted by atomic mass is 35.5. The number of carboxylic acid groups (broad SMARTS) is 1. The molecule has 5 nitrogen and oxygen atoms in total. The lowest BCUT2D eigenvalue weighted by molar-refractivity contribution is 0.0694. The van der Waals surface area contributed by atoms with Gasteiger partial charge in [-0.3, -0.25) is 0 Å². The molecule has 0 bridgehead atoms. The predicted molar refractivity (Wildman–Crippen MR) is 75.9 cm³/mol. The number of nitrogen functional groups attached to an aromatic ring is 1. The first kappa shape index (κ1) is 13.8. The van der Waals surface area contributed by atoms with Crippen LogP contribution in [0.1, 0.15) is 15.9 Å². The number of aromatic carboxylic acids is 1. The first-order valence-electron chi connectivity index (χ1n) is 5.41. The maximum Gasteiger partial charge on any atom is 0.342 e. The van der Waals surface area contributed by atoms with Gasteiger partial charge in [-0.2, -0.15) is 5.10 Å². The van der Waals surface area contributed by atoms with Crippen molar-refractivity contribution in [3.8, 4) is 0 Å². The van der Waals surface area contributed by atoms with E-state index < -0.39 is 5.97 Å². The molecule has 7 heteroatoms. The van der Waals surface area contributed by atoms with Crippen LogP contribution < -0.4 is 5.73 Å². The maximum atomic E-state index is 11.2. The van der Waals surface area contributed by atoms with E-state index >= 15 is 0 Å². The second-order valence-electron chi connectivity index (χ2n) is 3.82. The lowest BCUT2D eigenvalue weighted by Gasteiger charge is -2.06. The Morgan fingerprint density at radius 3 is 2.74 bits per heavy atom. The van der Waals surface area contributed by atoms with Crippen LogP contribution in [0.15, 0.2) is 29.3 Å². The zero-order valence-electron chi connectivity index (χ0n) is 10.1. The zero-order chi connectivity index (χ0) is 14.0. The number of carbonyl (C=O) groups is 1. The summed E-state index contributed by atoms with van der Waals surface area (Å²) in [6.07, 6.45) is 1.76. The smallest absolute Gasteiger partial charge is 0.342 e. The number of halogens is 1. The molecule has 0 aliphatic heterocycles. The molecule has 1 aromatic heterocycles. The number of benzene rings is 1. The third kappa shape index (κ3) is 2.69. The van der Waals surface area contributed by atoms with Crippen molar-refractivity contribution in [1.82, 2.24) is 9.78 Å². The van der Waals surface area contributed by atoms with Crippen LogP contribution in [0.3, 0.4) is 0 Å². The minimum atomic E-state index is -1.08. The maximum absolute atomic E-state index is 11.2. The summed E-state index contributed by atoms with van der Waals surface area (Å²) < 4.78 is 1.45. The van der Waals surface area contributed by atoms with Crippen molar-refractivity contribution in [2.75, 3.05) is 12.0 Å². The highest BCUT2D eigenvalue weighted by Crippen LogP contribution is 2.26. The Kier molecular flexibility index (Phi) is 4.01. The van der Waals surface area contributed by atoms with Crippen LogP contribution >= 0.6 is 23.4 Å². The molecule has 0 saturated carbocycles. The van der Waals surface area contributed by atoms with Gasteiger partial charge in [0, 0.05) is 5.02 Å². The standard InChI is InChI=1S/C12H12ClN3O2S/c1-19-11-9(12(17)18)10(14)16(15-11)6-7-4-2-3-5-8(7)13/h2-5H,6,14H2,1H3,(H,17,18). The Bertz CT molecular complexity index is 627. The van der Waals surface area contributed by atoms with E-state index in [1.165, 1.54) is 16.4 Å². The summed E-state index contributed by atoms with van der Waals surface area (Å²) in [5, 5.41) is 14.3. The fraction of sp³-hybridized carbons (Fsp3) is 0.167. The van der Waals surface area contributed by atoms with E-state index in [1.54, 1.807) is 12.3 Å². The van der Waals surface area contributed by atoms with Crippen molar-refractivity contribution >= 4 is 35.1 Å². The first-order valence-corrected chi connectivity index (χ1v) is 7.01. The van der Waals surface area contributed by atoms with Crippen LogP contribution in [0, 0.1) is 0 Å². The summed E-state index contributed by atoms with van der Waals surface area (Å²) >= 11 is 7.31. The molecule has 100 valence electrons. The molecule has 3 N–H and O–H groups in total. The third-order valence-electron chi connectivity index (χ3n) is 2.64. The Morgan fingerprint density at radius 1 is 1.53 bits per heavy atom. The van der Waals surface area contributed by atoms with Crippen molar-refractivity contribution in [2.45, 2.75) is 11.6 Å². The lowest BCUT2D eigenvalue weighted by atomic mass is 10.2. The third-order valence-corrected chi connectivity index (χ3v) is 3.69. The Morgan fingerprint density at radius 2 is 2.21 bits per heavy atom. The van der Waals surface area contributed by atoms with Gasteiger partial charge < -0.3 is 10.8 Å². The number of nitrogens with zero attached hydrogens (tertiary/aromatic N) is 2. The highest BCUT2D eigenvalue weighted by molar-refractivity contribution is 7.98. The van der Waals surface area contributed by atoms with Crippen LogP contribution in [-0.2, 0) is 6.54 Å². The van der Waals surface area contributed by atoms with Crippen LogP contribution in [0.2, 0.25) is 5.02 Å². The number of hydrogen-bond acceptors (Lipinski definition) is 4. The average molecular weight is 298 g/mol. The molecule has 0 aliphatic carbocycles. The van der Waals surface area contributed by atoms with Gasteiger partial charge in [0.05, 0.1) is 6.54 Å². The molecule has 19 heavy (non-hydrogen) atoms. The summed E-state index contributed by atoms with van der Waals surface area (Å²) in [5.74, 6) is -0.941. The zero-order valence-corrected chi connectivity index (χ0v) is 11.7. The van der Waals surface area contributed by atoms with Gasteiger partial charge in [0.25, 0.3) is 0 Å². The Hall–Kier alpha value is -1.66. The van der Waals surface area contributed by atoms with Crippen LogP contribution in [0.4, 0.5) is 5.82 Å². The Balaban J connectivity index is 2.42. The number of thioether (sulfide) groups is 1. The van der Waals surface area contributed by atoms with Gasteiger partial charge >= 0.3 is 5.97 Å². The second kappa shape index (κ2) is 5.54. The summed E-state index contributed by atoms with van der Waals surface area (Å²) in [4.78, 5) is 11.2. The summed E-state index contributed by atoms with van der Waals surface area (Å²) in [7, 11) is 0. The van der Waals surface area contributed by atoms with Crippen molar-refractivity contribution in [1.29, 1.82) is 0 Å². The predicted octanol–water partition coefficient (Wildman–Crippen LogP) is 2.59. The van der Waals surface area contributed by atoms with Crippen molar-refractivity contribution in [3.05, 3.63) is 40.4 Å². The van der Waals surface area contributed by atoms with Gasteiger partial charge in [-0.05, 0) is 17.9 Å². The first-order chi connectivity index (χ1) is 9.04. The van der Waals surface area contributed by atoms with Crippen molar-refractivity contribution in [2.24, 2.45) is 0 Å². The molecule has 1 aromatic carbocycles. The van der Waals surface area contributed by atoms with Crippen molar-refractivity contribution < 1.29 is 9.90 Å². The molecule has 0 saturated heterocycles. The van der Waals surface area contributed by atoms with E-state index in [-0.39, 0.29) is 11.4 Å². The molecule has 0 unspecified atom stereocenters.